The minimum absolute atomic E-state index is 0.0137. The Labute approximate surface area is 233 Å². The molecule has 13 nitrogen and oxygen atoms in total. The summed E-state index contributed by atoms with van der Waals surface area (Å²) in [6, 6.07) is -1.40. The number of aliphatic hydroxyl groups is 1. The first-order valence-corrected chi connectivity index (χ1v) is 14.2. The highest BCUT2D eigenvalue weighted by atomic mass is 17.3. The molecule has 5 aliphatic rings. The predicted octanol–water partition coefficient (Wildman–Crippen LogP) is 1.36. The largest absolute Gasteiger partial charge is 0.480 e. The normalized spacial score (nSPS) is 37.8. The topological polar surface area (TPSA) is 179 Å². The number of carbonyl (C=O) groups is 4. The lowest BCUT2D eigenvalue weighted by molar-refractivity contribution is -0.576. The zero-order valence-corrected chi connectivity index (χ0v) is 23.6. The van der Waals surface area contributed by atoms with Crippen molar-refractivity contribution in [3.05, 3.63) is 0 Å². The molecule has 4 N–H and O–H groups in total. The quantitative estimate of drug-likeness (QED) is 0.160. The van der Waals surface area contributed by atoms with Crippen LogP contribution >= 0.6 is 0 Å². The molecule has 1 saturated carbocycles. The van der Waals surface area contributed by atoms with Gasteiger partial charge in [-0.25, -0.2) is 14.6 Å². The van der Waals surface area contributed by atoms with Crippen LogP contribution in [0.2, 0.25) is 0 Å². The van der Waals surface area contributed by atoms with Crippen molar-refractivity contribution >= 4 is 23.8 Å². The van der Waals surface area contributed by atoms with Crippen LogP contribution in [0.5, 0.6) is 0 Å². The molecule has 5 fully saturated rings. The maximum Gasteiger partial charge on any atom is 0.328 e. The van der Waals surface area contributed by atoms with Crippen molar-refractivity contribution < 1.29 is 53.4 Å². The van der Waals surface area contributed by atoms with Gasteiger partial charge in [-0.05, 0) is 51.4 Å². The van der Waals surface area contributed by atoms with E-state index in [0.29, 0.717) is 12.3 Å². The molecule has 1 aliphatic carbocycles. The van der Waals surface area contributed by atoms with Crippen LogP contribution in [-0.4, -0.2) is 76.6 Å². The van der Waals surface area contributed by atoms with Crippen LogP contribution in [0.4, 0.5) is 0 Å². The molecule has 0 aromatic rings. The summed E-state index contributed by atoms with van der Waals surface area (Å²) in [5, 5.41) is 23.3. The number of ether oxygens (including phenoxy) is 3. The average molecular weight is 571 g/mol. The lowest BCUT2D eigenvalue weighted by Gasteiger charge is -2.59. The van der Waals surface area contributed by atoms with Gasteiger partial charge in [0.1, 0.15) is 0 Å². The Morgan fingerprint density at radius 2 is 1.77 bits per heavy atom. The van der Waals surface area contributed by atoms with E-state index < -0.39 is 54.0 Å². The van der Waals surface area contributed by atoms with Gasteiger partial charge in [0.2, 0.25) is 23.9 Å². The number of carbonyl (C=O) groups excluding carboxylic acids is 3. The molecule has 10 atom stereocenters. The zero-order chi connectivity index (χ0) is 29.2. The minimum atomic E-state index is -1.40. The van der Waals surface area contributed by atoms with E-state index in [1.165, 1.54) is 6.92 Å². The number of fused-ring (bicyclic) bond motifs is 2. The maximum absolute atomic E-state index is 12.7. The maximum atomic E-state index is 12.7. The fraction of sp³-hybridized carbons (Fsp3) is 0.852. The Morgan fingerprint density at radius 1 is 1.02 bits per heavy atom. The number of hydrogen-bond acceptors (Lipinski definition) is 10. The molecule has 0 unspecified atom stereocenters. The third-order valence-corrected chi connectivity index (χ3v) is 8.87. The summed E-state index contributed by atoms with van der Waals surface area (Å²) < 4.78 is 18.2. The Bertz CT molecular complexity index is 976. The molecule has 0 aromatic heterocycles. The van der Waals surface area contributed by atoms with Crippen molar-refractivity contribution in [2.75, 3.05) is 6.54 Å². The molecule has 4 aliphatic heterocycles. The number of carboxylic acids is 1. The van der Waals surface area contributed by atoms with Gasteiger partial charge in [0.25, 0.3) is 0 Å². The third kappa shape index (κ3) is 6.28. The van der Waals surface area contributed by atoms with E-state index in [9.17, 15) is 24.3 Å². The molecule has 226 valence electrons. The van der Waals surface area contributed by atoms with E-state index in [2.05, 4.69) is 17.6 Å². The highest BCUT2D eigenvalue weighted by molar-refractivity contribution is 5.84. The Hall–Kier alpha value is -2.32. The first-order valence-electron chi connectivity index (χ1n) is 14.2. The van der Waals surface area contributed by atoms with E-state index in [1.807, 2.05) is 13.8 Å². The van der Waals surface area contributed by atoms with Gasteiger partial charge in [-0.1, -0.05) is 13.8 Å². The van der Waals surface area contributed by atoms with E-state index in [4.69, 9.17) is 29.1 Å². The molecule has 2 amide bonds. The second-order valence-electron chi connectivity index (χ2n) is 11.8. The monoisotopic (exact) mass is 570 g/mol. The van der Waals surface area contributed by atoms with Gasteiger partial charge in [-0.3, -0.25) is 14.4 Å². The van der Waals surface area contributed by atoms with Gasteiger partial charge in [0.15, 0.2) is 17.9 Å². The lowest BCUT2D eigenvalue weighted by Crippen LogP contribution is -2.70. The van der Waals surface area contributed by atoms with Gasteiger partial charge < -0.3 is 35.1 Å². The summed E-state index contributed by atoms with van der Waals surface area (Å²) in [7, 11) is 0. The van der Waals surface area contributed by atoms with Crippen LogP contribution in [0, 0.1) is 23.7 Å². The smallest absolute Gasteiger partial charge is 0.328 e. The Morgan fingerprint density at radius 3 is 2.48 bits per heavy atom. The number of hydrogen-bond donors (Lipinski definition) is 4. The number of amides is 2. The highest BCUT2D eigenvalue weighted by Gasteiger charge is 2.69. The molecular weight excluding hydrogens is 528 g/mol. The predicted molar refractivity (Wildman–Crippen MR) is 136 cm³/mol. The van der Waals surface area contributed by atoms with Crippen LogP contribution in [0.25, 0.3) is 0 Å². The van der Waals surface area contributed by atoms with Crippen LogP contribution in [0.15, 0.2) is 0 Å². The molecule has 5 rings (SSSR count). The summed E-state index contributed by atoms with van der Waals surface area (Å²) in [6.45, 7) is 7.46. The zero-order valence-electron chi connectivity index (χ0n) is 23.6. The Kier molecular flexibility index (Phi) is 9.40. The first kappa shape index (κ1) is 30.6. The first-order chi connectivity index (χ1) is 18.9. The van der Waals surface area contributed by atoms with Gasteiger partial charge in [-0.15, -0.1) is 0 Å². The molecule has 2 bridgehead atoms. The molecule has 4 heterocycles. The summed E-state index contributed by atoms with van der Waals surface area (Å²) in [5.41, 5.74) is -0.752. The van der Waals surface area contributed by atoms with Crippen molar-refractivity contribution in [3.8, 4) is 0 Å². The van der Waals surface area contributed by atoms with E-state index >= 15 is 0 Å². The van der Waals surface area contributed by atoms with E-state index in [-0.39, 0.29) is 55.9 Å². The SMILES string of the molecule is C[C@@H]1[C@H](OC(=O)CCC(=O)NCCCC(=O)N[C@@H](C(=O)O)[C@H](C)O)O[C@H]2O[C@]3(C)CC[C@H]4[C@H](C)CC[C@H]1[C@]24OO3. The summed E-state index contributed by atoms with van der Waals surface area (Å²) >= 11 is 0. The fourth-order valence-electron chi connectivity index (χ4n) is 6.61. The minimum Gasteiger partial charge on any atom is -0.480 e. The number of carboxylic acid groups (broad SMARTS) is 1. The van der Waals surface area contributed by atoms with Crippen molar-refractivity contribution in [3.63, 3.8) is 0 Å². The number of esters is 1. The average Bonchev–Trinajstić information content (AvgIpc) is 3.12. The van der Waals surface area contributed by atoms with Gasteiger partial charge >= 0.3 is 11.9 Å². The fourth-order valence-corrected chi connectivity index (χ4v) is 6.61. The van der Waals surface area contributed by atoms with Crippen LogP contribution in [0.1, 0.15) is 79.1 Å². The van der Waals surface area contributed by atoms with E-state index in [1.54, 1.807) is 0 Å². The molecular formula is C27H42N2O11. The van der Waals surface area contributed by atoms with Crippen molar-refractivity contribution in [1.82, 2.24) is 10.6 Å². The molecule has 40 heavy (non-hydrogen) atoms. The van der Waals surface area contributed by atoms with E-state index in [0.717, 1.165) is 19.3 Å². The van der Waals surface area contributed by atoms with Gasteiger partial charge in [-0.2, -0.15) is 0 Å². The standard InChI is InChI=1S/C27H42N2O11/c1-14-7-8-18-15(2)24(37-25-27(18)17(14)11-12-26(4,38-25)39-40-27)36-21(33)10-9-19(31)28-13-5-6-20(32)29-22(16(3)30)23(34)35/h14-18,22,24-25,30H,5-13H2,1-4H3,(H,28,31)(H,29,32)(H,34,35)/t14-,15+,16+,17+,18-,22-,24-,25+,26+,27+/m1/s1. The van der Waals surface area contributed by atoms with Crippen molar-refractivity contribution in [2.45, 2.75) is 115 Å². The lowest BCUT2D eigenvalue weighted by atomic mass is 9.58. The Balaban J connectivity index is 1.22. The summed E-state index contributed by atoms with van der Waals surface area (Å²) in [5.74, 6) is -3.30. The summed E-state index contributed by atoms with van der Waals surface area (Å²) in [6.07, 6.45) is 0.639. The van der Waals surface area contributed by atoms with Crippen LogP contribution < -0.4 is 10.6 Å². The molecule has 0 radical (unpaired) electrons. The number of rotatable bonds is 11. The second-order valence-corrected chi connectivity index (χ2v) is 11.8. The van der Waals surface area contributed by atoms with Gasteiger partial charge in [0.05, 0.1) is 12.5 Å². The third-order valence-electron chi connectivity index (χ3n) is 8.87. The molecule has 4 saturated heterocycles. The number of nitrogens with one attached hydrogen (secondary N) is 2. The van der Waals surface area contributed by atoms with Crippen LogP contribution in [0.3, 0.4) is 0 Å². The number of aliphatic hydroxyl groups excluding tert-OH is 1. The van der Waals surface area contributed by atoms with Gasteiger partial charge in [0, 0.05) is 37.6 Å². The van der Waals surface area contributed by atoms with Crippen molar-refractivity contribution in [2.24, 2.45) is 23.7 Å². The molecule has 13 heteroatoms. The van der Waals surface area contributed by atoms with Crippen LogP contribution in [-0.2, 0) is 43.2 Å². The highest BCUT2D eigenvalue weighted by Crippen LogP contribution is 2.60. The van der Waals surface area contributed by atoms with Crippen molar-refractivity contribution in [1.29, 1.82) is 0 Å². The second kappa shape index (κ2) is 12.3. The molecule has 1 spiro atoms. The summed E-state index contributed by atoms with van der Waals surface area (Å²) in [4.78, 5) is 59.7. The number of aliphatic carboxylic acids is 1. The molecule has 0 aromatic carbocycles.